The zero-order valence-electron chi connectivity index (χ0n) is 11.1. The van der Waals surface area contributed by atoms with Crippen molar-refractivity contribution in [3.8, 4) is 0 Å². The minimum absolute atomic E-state index is 0. The molecule has 15 heavy (non-hydrogen) atoms. The third-order valence-electron chi connectivity index (χ3n) is 1.03. The van der Waals surface area contributed by atoms with Crippen LogP contribution in [0.5, 0.6) is 0 Å². The number of hydrogen-bond donors (Lipinski definition) is 3. The second-order valence-corrected chi connectivity index (χ2v) is 2.62. The Labute approximate surface area is 147 Å². The maximum Gasteiger partial charge on any atom is 1.00 e. The van der Waals surface area contributed by atoms with E-state index in [-0.39, 0.29) is 58.1 Å². The van der Waals surface area contributed by atoms with Crippen molar-refractivity contribution in [1.82, 2.24) is 4.90 Å². The minimum Gasteiger partial charge on any atom is -1.00 e. The zero-order valence-corrected chi connectivity index (χ0v) is 15.1. The molecule has 0 fully saturated rings. The summed E-state index contributed by atoms with van der Waals surface area (Å²) in [6, 6.07) is 0. The van der Waals surface area contributed by atoms with E-state index in [2.05, 4.69) is 31.0 Å². The quantitative estimate of drug-likeness (QED) is 0.472. The third-order valence-corrected chi connectivity index (χ3v) is 1.32. The second-order valence-electron chi connectivity index (χ2n) is 1.79. The van der Waals surface area contributed by atoms with Crippen LogP contribution in [0.15, 0.2) is 0 Å². The summed E-state index contributed by atoms with van der Waals surface area (Å²) in [5.74, 6) is 0. The molecule has 0 aliphatic heterocycles. The van der Waals surface area contributed by atoms with Crippen LogP contribution in [0.2, 0.25) is 0 Å². The van der Waals surface area contributed by atoms with Crippen LogP contribution in [-0.2, 0) is 0 Å². The van der Waals surface area contributed by atoms with Crippen molar-refractivity contribution in [1.29, 1.82) is 0 Å². The maximum absolute atomic E-state index is 10.4. The molecule has 0 atom stereocenters. The van der Waals surface area contributed by atoms with Crippen LogP contribution in [0.4, 0.5) is 9.59 Å². The van der Waals surface area contributed by atoms with Crippen molar-refractivity contribution in [3.05, 3.63) is 0 Å². The predicted octanol–water partition coefficient (Wildman–Crippen LogP) is -0.484. The molecule has 0 heterocycles. The van der Waals surface area contributed by atoms with E-state index in [4.69, 9.17) is 4.79 Å². The van der Waals surface area contributed by atoms with Gasteiger partial charge in [0.25, 0.3) is 10.5 Å². The fourth-order valence-corrected chi connectivity index (χ4v) is 0.777. The van der Waals surface area contributed by atoms with Gasteiger partial charge < -0.3 is 12.1 Å². The molecule has 0 aromatic rings. The van der Waals surface area contributed by atoms with Crippen LogP contribution in [0, 0.1) is 0 Å². The maximum atomic E-state index is 10.4. The largest absolute Gasteiger partial charge is 1.00 e. The number of carbonyl (C=O) groups is 2. The fourth-order valence-electron chi connectivity index (χ4n) is 0.494. The van der Waals surface area contributed by atoms with Gasteiger partial charge in [0, 0.05) is 13.1 Å². The topological polar surface area (TPSA) is 63.4 Å². The van der Waals surface area contributed by atoms with Crippen molar-refractivity contribution in [3.63, 3.8) is 0 Å². The Kier molecular flexibility index (Phi) is 34.7. The number of amides is 2. The first-order chi connectivity index (χ1) is 6.45. The van der Waals surface area contributed by atoms with Gasteiger partial charge in [-0.15, -0.1) is 0 Å². The summed E-state index contributed by atoms with van der Waals surface area (Å²) < 4.78 is 0. The molecule has 0 saturated carbocycles. The molecular formula is C8H21KN2O2S2. The molecule has 0 aromatic heterocycles. The van der Waals surface area contributed by atoms with Crippen molar-refractivity contribution in [2.45, 2.75) is 27.7 Å². The van der Waals surface area contributed by atoms with Crippen LogP contribution in [0.1, 0.15) is 29.1 Å². The molecule has 2 N–H and O–H groups in total. The van der Waals surface area contributed by atoms with Crippen LogP contribution in [0.25, 0.3) is 0 Å². The number of rotatable bonds is 2. The summed E-state index contributed by atoms with van der Waals surface area (Å²) in [5, 5.41) is -0.782. The van der Waals surface area contributed by atoms with Gasteiger partial charge in [0.1, 0.15) is 0 Å². The molecule has 4 nitrogen and oxygen atoms in total. The van der Waals surface area contributed by atoms with E-state index >= 15 is 0 Å². The molecule has 7 heteroatoms. The second kappa shape index (κ2) is 20.7. The average Bonchev–Trinajstić information content (AvgIpc) is 2.08. The number of nitrogens with zero attached hydrogens (tertiary/aromatic N) is 1. The third kappa shape index (κ3) is 31.3. The monoisotopic (exact) mass is 280 g/mol. The summed E-state index contributed by atoms with van der Waals surface area (Å²) in [5.41, 5.74) is 4.34. The zero-order chi connectivity index (χ0) is 12.1. The molecule has 0 aliphatic carbocycles. The van der Waals surface area contributed by atoms with E-state index < -0.39 is 5.24 Å². The van der Waals surface area contributed by atoms with E-state index in [9.17, 15) is 4.79 Å². The first kappa shape index (κ1) is 25.2. The van der Waals surface area contributed by atoms with Crippen molar-refractivity contribution >= 4 is 35.7 Å². The fraction of sp³-hybridized carbons (Fsp3) is 0.750. The van der Waals surface area contributed by atoms with E-state index in [0.717, 1.165) is 13.1 Å². The van der Waals surface area contributed by atoms with Gasteiger partial charge in [0.05, 0.1) is 0 Å². The minimum atomic E-state index is -0.639. The summed E-state index contributed by atoms with van der Waals surface area (Å²) >= 11 is 6.75. The summed E-state index contributed by atoms with van der Waals surface area (Å²) in [6.07, 6.45) is 0. The van der Waals surface area contributed by atoms with E-state index in [0.29, 0.717) is 0 Å². The van der Waals surface area contributed by atoms with Crippen LogP contribution >= 0.6 is 25.3 Å². The van der Waals surface area contributed by atoms with Gasteiger partial charge in [-0.2, -0.15) is 0 Å². The molecular weight excluding hydrogens is 259 g/mol. The van der Waals surface area contributed by atoms with Crippen molar-refractivity contribution in [2.24, 2.45) is 5.73 Å². The molecule has 88 valence electrons. The molecule has 0 spiro atoms. The van der Waals surface area contributed by atoms with E-state index in [1.165, 1.54) is 0 Å². The van der Waals surface area contributed by atoms with Gasteiger partial charge in [-0.05, 0) is 13.8 Å². The van der Waals surface area contributed by atoms with Gasteiger partial charge in [0.2, 0.25) is 0 Å². The Morgan fingerprint density at radius 1 is 1.20 bits per heavy atom. The number of carbonyl (C=O) groups excluding carboxylic acids is 2. The molecule has 0 radical (unpaired) electrons. The van der Waals surface area contributed by atoms with Crippen LogP contribution in [0.3, 0.4) is 0 Å². The van der Waals surface area contributed by atoms with Gasteiger partial charge in [-0.1, -0.05) is 39.1 Å². The van der Waals surface area contributed by atoms with Gasteiger partial charge in [0.15, 0.2) is 0 Å². The van der Waals surface area contributed by atoms with Crippen molar-refractivity contribution < 1.29 is 62.4 Å². The van der Waals surface area contributed by atoms with Gasteiger partial charge >= 0.3 is 51.4 Å². The first-order valence-corrected chi connectivity index (χ1v) is 5.31. The number of thiol groups is 2. The molecule has 0 aliphatic rings. The van der Waals surface area contributed by atoms with E-state index in [1.807, 2.05) is 27.7 Å². The molecule has 0 unspecified atom stereocenters. The smallest absolute Gasteiger partial charge is 1.00 e. The summed E-state index contributed by atoms with van der Waals surface area (Å²) in [4.78, 5) is 21.1. The SMILES string of the molecule is CC.CCN(CC)C(=O)S.NC(=O)S.[H-].[K+]. The molecule has 0 rings (SSSR count). The molecule has 0 bridgehead atoms. The van der Waals surface area contributed by atoms with Gasteiger partial charge in [-0.25, -0.2) is 0 Å². The number of nitrogens with two attached hydrogens (primary N) is 1. The molecule has 0 aromatic carbocycles. The van der Waals surface area contributed by atoms with Gasteiger partial charge in [-0.3, -0.25) is 9.59 Å². The number of hydrogen-bond acceptors (Lipinski definition) is 2. The number of primary amides is 1. The van der Waals surface area contributed by atoms with Crippen molar-refractivity contribution in [2.75, 3.05) is 13.1 Å². The summed E-state index contributed by atoms with van der Waals surface area (Å²) in [7, 11) is 0. The molecule has 2 amide bonds. The Morgan fingerprint density at radius 3 is 1.40 bits per heavy atom. The first-order valence-electron chi connectivity index (χ1n) is 4.41. The van der Waals surface area contributed by atoms with Crippen LogP contribution < -0.4 is 57.1 Å². The average molecular weight is 280 g/mol. The van der Waals surface area contributed by atoms with Crippen LogP contribution in [-0.4, -0.2) is 28.5 Å². The van der Waals surface area contributed by atoms with E-state index in [1.54, 1.807) is 4.90 Å². The Hall–Kier alpha value is 1.28. The Balaban J connectivity index is -0.0000000439. The predicted molar refractivity (Wildman–Crippen MR) is 68.3 cm³/mol. The standard InChI is InChI=1S/C5H11NOS.C2H6.CH3NOS.K.H/c1-3-6(4-2)5(7)8;1-2;2-1(3)4;;/h3-4H2,1-2H3,(H,7,8);1-2H3;(H3,2,3,4);;/q;;;+1;-1. The Morgan fingerprint density at radius 2 is 1.40 bits per heavy atom. The summed E-state index contributed by atoms with van der Waals surface area (Å²) in [6.45, 7) is 9.35. The molecule has 0 saturated heterocycles. The Bertz CT molecular complexity index is 157. The normalized spacial score (nSPS) is 6.80.